The minimum absolute atomic E-state index is 0.0643. The first-order valence-corrected chi connectivity index (χ1v) is 10.2. The standard InChI is InChI=1S/C22H26N6O/c1-15-10-16(2)12-17(11-15)13-27-7-4-22(14-27)5-8-28-20(29)18(24-25-21(22)28)19-23-6-9-26(19)3/h6,9-12H,4-5,7-8,13-14H2,1-3H3. The molecule has 0 radical (unpaired) electrons. The largest absolute Gasteiger partial charge is 0.333 e. The molecule has 1 atom stereocenters. The van der Waals surface area contributed by atoms with Gasteiger partial charge in [0.15, 0.2) is 11.5 Å². The van der Waals surface area contributed by atoms with E-state index in [1.165, 1.54) is 16.7 Å². The van der Waals surface area contributed by atoms with Crippen molar-refractivity contribution in [1.82, 2.24) is 29.2 Å². The van der Waals surface area contributed by atoms with E-state index in [0.29, 0.717) is 18.1 Å². The highest BCUT2D eigenvalue weighted by molar-refractivity contribution is 5.47. The van der Waals surface area contributed by atoms with E-state index in [-0.39, 0.29) is 11.0 Å². The van der Waals surface area contributed by atoms with Gasteiger partial charge in [-0.3, -0.25) is 14.3 Å². The van der Waals surface area contributed by atoms with Crippen LogP contribution in [0.15, 0.2) is 35.4 Å². The second-order valence-electron chi connectivity index (χ2n) is 8.68. The number of hydrogen-bond donors (Lipinski definition) is 0. The molecule has 4 heterocycles. The molecule has 3 aromatic rings. The van der Waals surface area contributed by atoms with Crippen LogP contribution in [0.25, 0.3) is 11.5 Å². The fourth-order valence-electron chi connectivity index (χ4n) is 5.09. The molecule has 5 rings (SSSR count). The molecule has 1 spiro atoms. The van der Waals surface area contributed by atoms with Crippen LogP contribution < -0.4 is 5.56 Å². The maximum atomic E-state index is 13.1. The smallest absolute Gasteiger partial charge is 0.283 e. The van der Waals surface area contributed by atoms with Crippen LogP contribution >= 0.6 is 0 Å². The van der Waals surface area contributed by atoms with Crippen LogP contribution in [0.3, 0.4) is 0 Å². The molecule has 0 saturated carbocycles. The van der Waals surface area contributed by atoms with Gasteiger partial charge in [0, 0.05) is 44.5 Å². The van der Waals surface area contributed by atoms with Gasteiger partial charge in [0.2, 0.25) is 0 Å². The van der Waals surface area contributed by atoms with Crippen LogP contribution in [0.4, 0.5) is 0 Å². The van der Waals surface area contributed by atoms with Crippen molar-refractivity contribution in [2.24, 2.45) is 7.05 Å². The number of aromatic nitrogens is 5. The Morgan fingerprint density at radius 1 is 1.07 bits per heavy atom. The molecule has 0 bridgehead atoms. The SMILES string of the molecule is Cc1cc(C)cc(CN2CCC3(CCn4c3nnc(-c3nccn3C)c4=O)C2)c1. The van der Waals surface area contributed by atoms with E-state index in [1.54, 1.807) is 6.20 Å². The predicted molar refractivity (Wildman–Crippen MR) is 111 cm³/mol. The Morgan fingerprint density at radius 3 is 2.55 bits per heavy atom. The molecule has 7 nitrogen and oxygen atoms in total. The molecule has 1 fully saturated rings. The monoisotopic (exact) mass is 390 g/mol. The summed E-state index contributed by atoms with van der Waals surface area (Å²) < 4.78 is 3.64. The molecule has 1 saturated heterocycles. The molecule has 0 amide bonds. The van der Waals surface area contributed by atoms with E-state index in [4.69, 9.17) is 0 Å². The Hall–Kier alpha value is -2.80. The number of imidazole rings is 1. The molecule has 1 aromatic carbocycles. The van der Waals surface area contributed by atoms with Crippen LogP contribution in [0.1, 0.15) is 35.4 Å². The van der Waals surface area contributed by atoms with E-state index in [0.717, 1.165) is 38.3 Å². The third-order valence-corrected chi connectivity index (χ3v) is 6.39. The topological polar surface area (TPSA) is 68.8 Å². The van der Waals surface area contributed by atoms with E-state index < -0.39 is 0 Å². The minimum Gasteiger partial charge on any atom is -0.333 e. The molecule has 2 aliphatic rings. The summed E-state index contributed by atoms with van der Waals surface area (Å²) in [6.07, 6.45) is 5.47. The average Bonchev–Trinajstić information content (AvgIpc) is 3.36. The number of fused-ring (bicyclic) bond motifs is 2. The van der Waals surface area contributed by atoms with Gasteiger partial charge in [0.05, 0.1) is 0 Å². The van der Waals surface area contributed by atoms with Crippen molar-refractivity contribution in [3.8, 4) is 11.5 Å². The first kappa shape index (κ1) is 18.2. The fraction of sp³-hybridized carbons (Fsp3) is 0.455. The lowest BCUT2D eigenvalue weighted by molar-refractivity contribution is 0.299. The van der Waals surface area contributed by atoms with Gasteiger partial charge < -0.3 is 4.57 Å². The lowest BCUT2D eigenvalue weighted by Crippen LogP contribution is -2.33. The zero-order valence-electron chi connectivity index (χ0n) is 17.2. The van der Waals surface area contributed by atoms with E-state index in [2.05, 4.69) is 52.1 Å². The Morgan fingerprint density at radius 2 is 1.83 bits per heavy atom. The maximum absolute atomic E-state index is 13.1. The predicted octanol–water partition coefficient (Wildman–Crippen LogP) is 2.20. The lowest BCUT2D eigenvalue weighted by atomic mass is 9.85. The summed E-state index contributed by atoms with van der Waals surface area (Å²) in [4.78, 5) is 19.9. The maximum Gasteiger partial charge on any atom is 0.283 e. The van der Waals surface area contributed by atoms with E-state index in [1.807, 2.05) is 22.4 Å². The first-order valence-electron chi connectivity index (χ1n) is 10.2. The Labute approximate surface area is 170 Å². The van der Waals surface area contributed by atoms with Crippen LogP contribution in [0, 0.1) is 13.8 Å². The number of benzene rings is 1. The van der Waals surface area contributed by atoms with Gasteiger partial charge in [-0.05, 0) is 38.8 Å². The fourth-order valence-corrected chi connectivity index (χ4v) is 5.09. The highest BCUT2D eigenvalue weighted by Crippen LogP contribution is 2.41. The molecule has 0 N–H and O–H groups in total. The zero-order chi connectivity index (χ0) is 20.2. The van der Waals surface area contributed by atoms with Gasteiger partial charge in [-0.15, -0.1) is 10.2 Å². The summed E-state index contributed by atoms with van der Waals surface area (Å²) in [5, 5.41) is 8.87. The number of likely N-dealkylation sites (tertiary alicyclic amines) is 1. The van der Waals surface area contributed by atoms with Gasteiger partial charge >= 0.3 is 0 Å². The van der Waals surface area contributed by atoms with Crippen molar-refractivity contribution in [1.29, 1.82) is 0 Å². The van der Waals surface area contributed by atoms with Gasteiger partial charge in [-0.1, -0.05) is 29.3 Å². The highest BCUT2D eigenvalue weighted by Gasteiger charge is 2.47. The summed E-state index contributed by atoms with van der Waals surface area (Å²) >= 11 is 0. The first-order chi connectivity index (χ1) is 13.9. The molecule has 29 heavy (non-hydrogen) atoms. The molecule has 2 aromatic heterocycles. The van der Waals surface area contributed by atoms with Crippen molar-refractivity contribution in [2.75, 3.05) is 13.1 Å². The third kappa shape index (κ3) is 3.00. The summed E-state index contributed by atoms with van der Waals surface area (Å²) in [5.41, 5.74) is 4.16. The summed E-state index contributed by atoms with van der Waals surface area (Å²) in [6.45, 7) is 7.89. The Kier molecular flexibility index (Phi) is 4.17. The normalized spacial score (nSPS) is 21.2. The van der Waals surface area contributed by atoms with Crippen LogP contribution in [-0.2, 0) is 25.6 Å². The van der Waals surface area contributed by atoms with Gasteiger partial charge in [-0.2, -0.15) is 0 Å². The summed E-state index contributed by atoms with van der Waals surface area (Å²) in [7, 11) is 1.87. The number of hydrogen-bond acceptors (Lipinski definition) is 5. The molecular formula is C22H26N6O. The minimum atomic E-state index is -0.0751. The summed E-state index contributed by atoms with van der Waals surface area (Å²) in [5.74, 6) is 1.42. The third-order valence-electron chi connectivity index (χ3n) is 6.39. The van der Waals surface area contributed by atoms with Crippen molar-refractivity contribution in [3.63, 3.8) is 0 Å². The van der Waals surface area contributed by atoms with Crippen LogP contribution in [-0.4, -0.2) is 42.3 Å². The molecular weight excluding hydrogens is 364 g/mol. The van der Waals surface area contributed by atoms with Crippen molar-refractivity contribution < 1.29 is 0 Å². The van der Waals surface area contributed by atoms with Crippen molar-refractivity contribution in [3.05, 3.63) is 63.5 Å². The quantitative estimate of drug-likeness (QED) is 0.686. The van der Waals surface area contributed by atoms with E-state index >= 15 is 0 Å². The van der Waals surface area contributed by atoms with Crippen molar-refractivity contribution in [2.45, 2.75) is 45.2 Å². The molecule has 0 aliphatic carbocycles. The molecule has 1 unspecified atom stereocenters. The van der Waals surface area contributed by atoms with Gasteiger partial charge in [-0.25, -0.2) is 4.98 Å². The number of nitrogens with zero attached hydrogens (tertiary/aromatic N) is 6. The van der Waals surface area contributed by atoms with Gasteiger partial charge in [0.1, 0.15) is 5.82 Å². The number of rotatable bonds is 3. The van der Waals surface area contributed by atoms with Crippen LogP contribution in [0.5, 0.6) is 0 Å². The average molecular weight is 390 g/mol. The highest BCUT2D eigenvalue weighted by atomic mass is 16.1. The lowest BCUT2D eigenvalue weighted by Gasteiger charge is -2.23. The zero-order valence-corrected chi connectivity index (χ0v) is 17.2. The summed E-state index contributed by atoms with van der Waals surface area (Å²) in [6, 6.07) is 6.75. The molecule has 7 heteroatoms. The van der Waals surface area contributed by atoms with E-state index in [9.17, 15) is 4.79 Å². The molecule has 150 valence electrons. The second-order valence-corrected chi connectivity index (χ2v) is 8.68. The molecule has 2 aliphatic heterocycles. The second kappa shape index (κ2) is 6.62. The van der Waals surface area contributed by atoms with Gasteiger partial charge in [0.25, 0.3) is 5.56 Å². The van der Waals surface area contributed by atoms with Crippen LogP contribution in [0.2, 0.25) is 0 Å². The Bertz CT molecular complexity index is 1130. The number of aryl methyl sites for hydroxylation is 3. The Balaban J connectivity index is 1.42. The van der Waals surface area contributed by atoms with Crippen molar-refractivity contribution >= 4 is 0 Å².